The van der Waals surface area contributed by atoms with Gasteiger partial charge in [0.1, 0.15) is 5.56 Å². The number of ketones is 1. The highest BCUT2D eigenvalue weighted by molar-refractivity contribution is 7.91. The van der Waals surface area contributed by atoms with Crippen LogP contribution in [0.5, 0.6) is 5.88 Å². The first-order valence-electron chi connectivity index (χ1n) is 10.1. The average molecular weight is 433 g/mol. The van der Waals surface area contributed by atoms with Gasteiger partial charge in [-0.3, -0.25) is 9.59 Å². The van der Waals surface area contributed by atoms with E-state index in [4.69, 9.17) is 4.74 Å². The summed E-state index contributed by atoms with van der Waals surface area (Å²) in [6.07, 6.45) is 2.07. The second-order valence-corrected chi connectivity index (χ2v) is 10.4. The zero-order valence-electron chi connectivity index (χ0n) is 18.3. The third kappa shape index (κ3) is 3.57. The van der Waals surface area contributed by atoms with E-state index in [1.54, 1.807) is 26.8 Å². The Morgan fingerprint density at radius 3 is 2.47 bits per heavy atom. The molecule has 2 aromatic rings. The van der Waals surface area contributed by atoms with Gasteiger partial charge >= 0.3 is 5.97 Å². The number of carbonyl (C=O) groups is 2. The lowest BCUT2D eigenvalue weighted by Crippen LogP contribution is -2.33. The van der Waals surface area contributed by atoms with Crippen molar-refractivity contribution in [1.29, 1.82) is 0 Å². The van der Waals surface area contributed by atoms with E-state index in [0.29, 0.717) is 40.1 Å². The molecule has 30 heavy (non-hydrogen) atoms. The van der Waals surface area contributed by atoms with Crippen molar-refractivity contribution in [3.8, 4) is 5.88 Å². The molecule has 1 aliphatic heterocycles. The molecule has 3 rings (SSSR count). The first kappa shape index (κ1) is 22.2. The molecule has 0 unspecified atom stereocenters. The smallest absolute Gasteiger partial charge is 0.312 e. The largest absolute Gasteiger partial charge is 0.407 e. The van der Waals surface area contributed by atoms with E-state index < -0.39 is 15.8 Å². The Hall–Kier alpha value is -2.48. The van der Waals surface area contributed by atoms with Gasteiger partial charge in [-0.05, 0) is 55.4 Å². The molecule has 0 N–H and O–H groups in total. The summed E-state index contributed by atoms with van der Waals surface area (Å²) in [4.78, 5) is 25.7. The van der Waals surface area contributed by atoms with Crippen LogP contribution in [0.1, 0.15) is 73.1 Å². The maximum Gasteiger partial charge on any atom is 0.312 e. The SMILES string of the molecule is CCC(=O)Oc1c(C(=O)c2cc(C)c3c(c2C)C(C)(C)CCS3(=O)=O)cnn1CC. The van der Waals surface area contributed by atoms with Gasteiger partial charge in [-0.2, -0.15) is 5.10 Å². The number of ether oxygens (including phenoxy) is 1. The topological polar surface area (TPSA) is 95.3 Å². The average Bonchev–Trinajstić information content (AvgIpc) is 3.08. The van der Waals surface area contributed by atoms with Crippen LogP contribution in [0.15, 0.2) is 17.2 Å². The van der Waals surface area contributed by atoms with E-state index in [1.165, 1.54) is 10.9 Å². The lowest BCUT2D eigenvalue weighted by Gasteiger charge is -2.35. The predicted octanol–water partition coefficient (Wildman–Crippen LogP) is 3.52. The minimum Gasteiger partial charge on any atom is -0.407 e. The molecule has 0 atom stereocenters. The summed E-state index contributed by atoms with van der Waals surface area (Å²) in [6, 6.07) is 1.63. The molecule has 0 amide bonds. The maximum atomic E-state index is 13.5. The molecule has 7 nitrogen and oxygen atoms in total. The lowest BCUT2D eigenvalue weighted by molar-refractivity contribution is -0.134. The Bertz CT molecular complexity index is 1140. The second kappa shape index (κ2) is 7.65. The summed E-state index contributed by atoms with van der Waals surface area (Å²) in [6.45, 7) is 11.5. The summed E-state index contributed by atoms with van der Waals surface area (Å²) in [5.41, 5.74) is 2.12. The molecule has 0 saturated heterocycles. The van der Waals surface area contributed by atoms with Gasteiger partial charge in [0, 0.05) is 18.5 Å². The van der Waals surface area contributed by atoms with Crippen molar-refractivity contribution in [1.82, 2.24) is 9.78 Å². The van der Waals surface area contributed by atoms with E-state index in [1.807, 2.05) is 20.8 Å². The van der Waals surface area contributed by atoms with Crippen LogP contribution in [0.3, 0.4) is 0 Å². The Balaban J connectivity index is 2.22. The molecule has 1 aliphatic rings. The molecule has 0 aliphatic carbocycles. The van der Waals surface area contributed by atoms with E-state index in [2.05, 4.69) is 5.10 Å². The monoisotopic (exact) mass is 432 g/mol. The molecule has 2 heterocycles. The Morgan fingerprint density at radius 1 is 1.20 bits per heavy atom. The number of sulfone groups is 1. The summed E-state index contributed by atoms with van der Waals surface area (Å²) >= 11 is 0. The Morgan fingerprint density at radius 2 is 1.87 bits per heavy atom. The lowest BCUT2D eigenvalue weighted by atomic mass is 9.77. The number of carbonyl (C=O) groups excluding carboxylic acids is 2. The Labute approximate surface area is 177 Å². The third-order valence-electron chi connectivity index (χ3n) is 5.79. The van der Waals surface area contributed by atoms with Gasteiger partial charge in [-0.15, -0.1) is 0 Å². The third-order valence-corrected chi connectivity index (χ3v) is 7.68. The molecule has 0 fully saturated rings. The van der Waals surface area contributed by atoms with Crippen molar-refractivity contribution in [3.63, 3.8) is 0 Å². The quantitative estimate of drug-likeness (QED) is 0.530. The number of hydrogen-bond acceptors (Lipinski definition) is 6. The highest BCUT2D eigenvalue weighted by Crippen LogP contribution is 2.43. The highest BCUT2D eigenvalue weighted by Gasteiger charge is 2.39. The molecule has 1 aromatic heterocycles. The van der Waals surface area contributed by atoms with E-state index >= 15 is 0 Å². The first-order valence-corrected chi connectivity index (χ1v) is 11.8. The van der Waals surface area contributed by atoms with Crippen molar-refractivity contribution in [2.24, 2.45) is 0 Å². The van der Waals surface area contributed by atoms with Crippen molar-refractivity contribution in [3.05, 3.63) is 40.1 Å². The van der Waals surface area contributed by atoms with Crippen molar-refractivity contribution >= 4 is 21.6 Å². The number of hydrogen-bond donors (Lipinski definition) is 0. The summed E-state index contributed by atoms with van der Waals surface area (Å²) in [7, 11) is -3.40. The number of nitrogens with zero attached hydrogens (tertiary/aromatic N) is 2. The van der Waals surface area contributed by atoms with Crippen LogP contribution in [0.4, 0.5) is 0 Å². The van der Waals surface area contributed by atoms with Crippen LogP contribution in [0, 0.1) is 13.8 Å². The van der Waals surface area contributed by atoms with E-state index in [9.17, 15) is 18.0 Å². The Kier molecular flexibility index (Phi) is 5.66. The summed E-state index contributed by atoms with van der Waals surface area (Å²) in [5, 5.41) is 4.18. The molecular formula is C22H28N2O5S. The van der Waals surface area contributed by atoms with Gasteiger partial charge in [-0.25, -0.2) is 13.1 Å². The molecular weight excluding hydrogens is 404 g/mol. The zero-order chi connectivity index (χ0) is 22.4. The minimum atomic E-state index is -3.40. The molecule has 0 spiro atoms. The van der Waals surface area contributed by atoms with Gasteiger partial charge in [0.2, 0.25) is 5.88 Å². The van der Waals surface area contributed by atoms with Gasteiger partial charge in [-0.1, -0.05) is 20.8 Å². The van der Waals surface area contributed by atoms with Crippen molar-refractivity contribution in [2.75, 3.05) is 5.75 Å². The van der Waals surface area contributed by atoms with E-state index in [-0.39, 0.29) is 34.8 Å². The molecule has 8 heteroatoms. The van der Waals surface area contributed by atoms with Crippen LogP contribution in [0.2, 0.25) is 0 Å². The fourth-order valence-corrected chi connectivity index (χ4v) is 6.42. The molecule has 0 bridgehead atoms. The zero-order valence-corrected chi connectivity index (χ0v) is 19.1. The number of esters is 1. The van der Waals surface area contributed by atoms with Gasteiger partial charge in [0.25, 0.3) is 0 Å². The fraction of sp³-hybridized carbons (Fsp3) is 0.500. The van der Waals surface area contributed by atoms with E-state index in [0.717, 1.165) is 0 Å². The molecule has 162 valence electrons. The van der Waals surface area contributed by atoms with Gasteiger partial charge in [0.05, 0.1) is 16.8 Å². The number of benzene rings is 1. The van der Waals surface area contributed by atoms with Gasteiger partial charge < -0.3 is 4.74 Å². The maximum absolute atomic E-state index is 13.5. The van der Waals surface area contributed by atoms with Gasteiger partial charge in [0.15, 0.2) is 15.6 Å². The standard InChI is InChI=1S/C22H28N2O5S/c1-7-17(25)29-21-16(12-23-24(21)8-2)19(26)15-11-13(3)20-18(14(15)4)22(5,6)9-10-30(20,27)28/h11-12H,7-10H2,1-6H3. The highest BCUT2D eigenvalue weighted by atomic mass is 32.2. The predicted molar refractivity (Wildman–Crippen MR) is 113 cm³/mol. The van der Waals surface area contributed by atoms with Crippen LogP contribution in [-0.2, 0) is 26.6 Å². The molecule has 0 radical (unpaired) electrons. The number of fused-ring (bicyclic) bond motifs is 1. The van der Waals surface area contributed by atoms with Crippen LogP contribution in [-0.4, -0.2) is 35.7 Å². The normalized spacial score (nSPS) is 16.7. The fourth-order valence-electron chi connectivity index (χ4n) is 4.15. The molecule has 1 aromatic carbocycles. The summed E-state index contributed by atoms with van der Waals surface area (Å²) in [5.74, 6) is -0.572. The second-order valence-electron chi connectivity index (χ2n) is 8.36. The van der Waals surface area contributed by atoms with Crippen molar-refractivity contribution < 1.29 is 22.7 Å². The number of aromatic nitrogens is 2. The summed E-state index contributed by atoms with van der Waals surface area (Å²) < 4.78 is 32.4. The minimum absolute atomic E-state index is 0.0982. The number of aryl methyl sites for hydroxylation is 2. The van der Waals surface area contributed by atoms with Crippen LogP contribution >= 0.6 is 0 Å². The number of rotatable bonds is 5. The first-order chi connectivity index (χ1) is 13.9. The van der Waals surface area contributed by atoms with Crippen molar-refractivity contribution in [2.45, 2.75) is 71.2 Å². The molecule has 0 saturated carbocycles. The van der Waals surface area contributed by atoms with Crippen LogP contribution in [0.25, 0.3) is 0 Å². The van der Waals surface area contributed by atoms with Crippen LogP contribution < -0.4 is 4.74 Å².